The highest BCUT2D eigenvalue weighted by molar-refractivity contribution is 9.09. The van der Waals surface area contributed by atoms with Crippen LogP contribution in [0.2, 0.25) is 0 Å². The Balaban J connectivity index is 2.27. The van der Waals surface area contributed by atoms with Gasteiger partial charge in [-0.3, -0.25) is 4.90 Å². The molecule has 0 saturated carbocycles. The van der Waals surface area contributed by atoms with Crippen molar-refractivity contribution in [2.45, 2.75) is 31.4 Å². The van der Waals surface area contributed by atoms with E-state index >= 15 is 0 Å². The number of hydrogen-bond acceptors (Lipinski definition) is 4. The van der Waals surface area contributed by atoms with Crippen molar-refractivity contribution in [1.29, 1.82) is 0 Å². The minimum absolute atomic E-state index is 0.259. The maximum Gasteiger partial charge on any atom is 0.411 e. The van der Waals surface area contributed by atoms with E-state index in [1.807, 2.05) is 30.9 Å². The van der Waals surface area contributed by atoms with Crippen LogP contribution in [0.15, 0.2) is 12.1 Å². The molecule has 5 nitrogen and oxygen atoms in total. The fourth-order valence-corrected chi connectivity index (χ4v) is 4.92. The van der Waals surface area contributed by atoms with E-state index in [-0.39, 0.29) is 6.09 Å². The molecular formula is C16H20BrNO4. The normalized spacial score (nSPS) is 25.3. The summed E-state index contributed by atoms with van der Waals surface area (Å²) in [6, 6.07) is 3.99. The lowest BCUT2D eigenvalue weighted by molar-refractivity contribution is 0.0226. The summed E-state index contributed by atoms with van der Waals surface area (Å²) in [6.07, 6.45) is 0.514. The van der Waals surface area contributed by atoms with Crippen LogP contribution in [0.25, 0.3) is 0 Å². The molecule has 0 spiro atoms. The number of benzene rings is 1. The van der Waals surface area contributed by atoms with Gasteiger partial charge in [0.2, 0.25) is 0 Å². The van der Waals surface area contributed by atoms with Crippen LogP contribution in [0.1, 0.15) is 25.0 Å². The Morgan fingerprint density at radius 3 is 2.50 bits per heavy atom. The van der Waals surface area contributed by atoms with Gasteiger partial charge in [-0.1, -0.05) is 15.9 Å². The average molecular weight is 370 g/mol. The van der Waals surface area contributed by atoms with Crippen molar-refractivity contribution in [3.63, 3.8) is 0 Å². The topological polar surface area (TPSA) is 48.0 Å². The molecule has 1 amide bonds. The molecule has 0 N–H and O–H groups in total. The SMILES string of the molecule is COc1cc2c(cc1OC)[C@]1(CBr)N(CC2)C(=O)OC1(C)C. The zero-order valence-electron chi connectivity index (χ0n) is 13.2. The van der Waals surface area contributed by atoms with Crippen LogP contribution in [-0.4, -0.2) is 42.7 Å². The summed E-state index contributed by atoms with van der Waals surface area (Å²) < 4.78 is 16.5. The number of amides is 1. The molecule has 1 fully saturated rings. The van der Waals surface area contributed by atoms with E-state index in [0.717, 1.165) is 12.0 Å². The number of carbonyl (C=O) groups is 1. The summed E-state index contributed by atoms with van der Waals surface area (Å²) in [7, 11) is 3.25. The number of rotatable bonds is 3. The summed E-state index contributed by atoms with van der Waals surface area (Å²) in [4.78, 5) is 14.1. The first-order valence-electron chi connectivity index (χ1n) is 7.23. The number of fused-ring (bicyclic) bond motifs is 3. The van der Waals surface area contributed by atoms with Crippen LogP contribution in [0.3, 0.4) is 0 Å². The summed E-state index contributed by atoms with van der Waals surface area (Å²) >= 11 is 3.62. The lowest BCUT2D eigenvalue weighted by Crippen LogP contribution is -2.57. The third-order valence-electron chi connectivity index (χ3n) is 4.87. The second kappa shape index (κ2) is 5.05. The van der Waals surface area contributed by atoms with Crippen molar-refractivity contribution in [1.82, 2.24) is 4.90 Å². The average Bonchev–Trinajstić information content (AvgIpc) is 2.71. The zero-order valence-corrected chi connectivity index (χ0v) is 14.8. The number of cyclic esters (lactones) is 1. The largest absolute Gasteiger partial charge is 0.493 e. The molecule has 2 aliphatic heterocycles. The number of hydrogen-bond donors (Lipinski definition) is 0. The second-order valence-electron chi connectivity index (χ2n) is 6.14. The van der Waals surface area contributed by atoms with Gasteiger partial charge in [0.05, 0.1) is 14.2 Å². The van der Waals surface area contributed by atoms with E-state index in [1.165, 1.54) is 5.56 Å². The Bertz CT molecular complexity index is 631. The Kier molecular flexibility index (Phi) is 3.55. The quantitative estimate of drug-likeness (QED) is 0.768. The summed E-state index contributed by atoms with van der Waals surface area (Å²) in [5.41, 5.74) is 1.04. The van der Waals surface area contributed by atoms with Gasteiger partial charge in [-0.2, -0.15) is 0 Å². The van der Waals surface area contributed by atoms with Gasteiger partial charge in [0, 0.05) is 11.9 Å². The fourth-order valence-electron chi connectivity index (χ4n) is 3.64. The Hall–Kier alpha value is -1.43. The third kappa shape index (κ3) is 1.79. The molecule has 6 heteroatoms. The van der Waals surface area contributed by atoms with Crippen molar-refractivity contribution in [2.24, 2.45) is 0 Å². The minimum Gasteiger partial charge on any atom is -0.493 e. The number of halogens is 1. The van der Waals surface area contributed by atoms with Crippen molar-refractivity contribution < 1.29 is 19.0 Å². The van der Waals surface area contributed by atoms with Gasteiger partial charge in [-0.15, -0.1) is 0 Å². The Morgan fingerprint density at radius 2 is 1.91 bits per heavy atom. The van der Waals surface area contributed by atoms with Gasteiger partial charge >= 0.3 is 6.09 Å². The van der Waals surface area contributed by atoms with Crippen LogP contribution in [0.4, 0.5) is 4.79 Å². The number of carbonyl (C=O) groups excluding carboxylic acids is 1. The molecule has 1 saturated heterocycles. The molecule has 0 aliphatic carbocycles. The van der Waals surface area contributed by atoms with E-state index in [2.05, 4.69) is 15.9 Å². The third-order valence-corrected chi connectivity index (χ3v) is 5.68. The lowest BCUT2D eigenvalue weighted by Gasteiger charge is -2.46. The first-order valence-corrected chi connectivity index (χ1v) is 8.35. The smallest absolute Gasteiger partial charge is 0.411 e. The van der Waals surface area contributed by atoms with Crippen LogP contribution >= 0.6 is 15.9 Å². The maximum absolute atomic E-state index is 12.3. The predicted octanol–water partition coefficient (Wildman–Crippen LogP) is 3.08. The molecule has 3 rings (SSSR count). The van der Waals surface area contributed by atoms with Gasteiger partial charge in [-0.05, 0) is 43.5 Å². The molecule has 1 aromatic carbocycles. The number of alkyl halides is 1. The molecule has 0 bridgehead atoms. The molecule has 2 aliphatic rings. The molecular weight excluding hydrogens is 350 g/mol. The van der Waals surface area contributed by atoms with E-state index in [4.69, 9.17) is 14.2 Å². The Morgan fingerprint density at radius 1 is 1.27 bits per heavy atom. The molecule has 2 heterocycles. The first kappa shape index (κ1) is 15.5. The minimum atomic E-state index is -0.637. The van der Waals surface area contributed by atoms with Crippen molar-refractivity contribution in [3.8, 4) is 11.5 Å². The maximum atomic E-state index is 12.3. The van der Waals surface area contributed by atoms with Crippen molar-refractivity contribution in [3.05, 3.63) is 23.3 Å². The van der Waals surface area contributed by atoms with Crippen LogP contribution < -0.4 is 9.47 Å². The highest BCUT2D eigenvalue weighted by Gasteiger charge is 2.62. The zero-order chi connectivity index (χ0) is 16.1. The number of ether oxygens (including phenoxy) is 3. The number of methoxy groups -OCH3 is 2. The van der Waals surface area contributed by atoms with Crippen molar-refractivity contribution >= 4 is 22.0 Å². The van der Waals surface area contributed by atoms with Crippen LogP contribution in [0, 0.1) is 0 Å². The molecule has 0 aromatic heterocycles. The summed E-state index contributed by atoms with van der Waals surface area (Å²) in [5.74, 6) is 1.38. The van der Waals surface area contributed by atoms with Crippen LogP contribution in [0.5, 0.6) is 11.5 Å². The highest BCUT2D eigenvalue weighted by atomic mass is 79.9. The van der Waals surface area contributed by atoms with Gasteiger partial charge in [0.25, 0.3) is 0 Å². The summed E-state index contributed by atoms with van der Waals surface area (Å²) in [5, 5.41) is 0.598. The number of nitrogens with zero attached hydrogens (tertiary/aromatic N) is 1. The van der Waals surface area contributed by atoms with Gasteiger partial charge in [0.1, 0.15) is 11.1 Å². The molecule has 22 heavy (non-hydrogen) atoms. The molecule has 120 valence electrons. The molecule has 1 aromatic rings. The van der Waals surface area contributed by atoms with Gasteiger partial charge in [-0.25, -0.2) is 4.79 Å². The predicted molar refractivity (Wildman–Crippen MR) is 86.0 cm³/mol. The van der Waals surface area contributed by atoms with Gasteiger partial charge < -0.3 is 14.2 Å². The Labute approximate surface area is 138 Å². The highest BCUT2D eigenvalue weighted by Crippen LogP contribution is 2.52. The standard InChI is InChI=1S/C16H20BrNO4/c1-15(2)16(9-17)11-8-13(21-4)12(20-3)7-10(11)5-6-18(16)14(19)22-15/h7-8H,5-6,9H2,1-4H3/t16-/m0/s1. The van der Waals surface area contributed by atoms with Crippen LogP contribution in [-0.2, 0) is 16.7 Å². The van der Waals surface area contributed by atoms with Crippen molar-refractivity contribution in [2.75, 3.05) is 26.1 Å². The fraction of sp³-hybridized carbons (Fsp3) is 0.562. The summed E-state index contributed by atoms with van der Waals surface area (Å²) in [6.45, 7) is 4.55. The second-order valence-corrected chi connectivity index (χ2v) is 6.70. The molecule has 0 unspecified atom stereocenters. The van der Waals surface area contributed by atoms with Gasteiger partial charge in [0.15, 0.2) is 11.5 Å². The van der Waals surface area contributed by atoms with E-state index in [0.29, 0.717) is 23.4 Å². The van der Waals surface area contributed by atoms with E-state index in [9.17, 15) is 4.79 Å². The van der Waals surface area contributed by atoms with E-state index in [1.54, 1.807) is 14.2 Å². The van der Waals surface area contributed by atoms with E-state index < -0.39 is 11.1 Å². The first-order chi connectivity index (χ1) is 10.4. The molecule has 1 atom stereocenters. The molecule has 0 radical (unpaired) electrons. The lowest BCUT2D eigenvalue weighted by atomic mass is 9.73. The monoisotopic (exact) mass is 369 g/mol.